The van der Waals surface area contributed by atoms with Crippen molar-refractivity contribution in [1.82, 2.24) is 14.5 Å². The Hall–Kier alpha value is -3.28. The maximum Gasteiger partial charge on any atom is 0.326 e. The van der Waals surface area contributed by atoms with Crippen LogP contribution in [0.2, 0.25) is 0 Å². The quantitative estimate of drug-likeness (QED) is 0.604. The first-order chi connectivity index (χ1) is 12.1. The molecule has 4 rings (SSSR count). The molecule has 0 aliphatic carbocycles. The summed E-state index contributed by atoms with van der Waals surface area (Å²) in [5.41, 5.74) is 3.68. The number of fused-ring (bicyclic) bond motifs is 2. The highest BCUT2D eigenvalue weighted by atomic mass is 16.2. The van der Waals surface area contributed by atoms with Gasteiger partial charge in [0.2, 0.25) is 0 Å². The third-order valence-electron chi connectivity index (χ3n) is 4.56. The molecule has 0 unspecified atom stereocenters. The van der Waals surface area contributed by atoms with E-state index in [2.05, 4.69) is 9.97 Å². The number of nitrogens with one attached hydrogen (secondary N) is 2. The van der Waals surface area contributed by atoms with Gasteiger partial charge in [-0.25, -0.2) is 4.79 Å². The van der Waals surface area contributed by atoms with Crippen molar-refractivity contribution in [3.63, 3.8) is 0 Å². The molecule has 0 spiro atoms. The SMILES string of the molecule is CCN(C(=O)c1ccc2c(c1)[nH]c(=O)n2C)c1ccc2[nH]ccc2c1. The van der Waals surface area contributed by atoms with Crippen LogP contribution in [0.1, 0.15) is 17.3 Å². The van der Waals surface area contributed by atoms with E-state index in [-0.39, 0.29) is 11.6 Å². The molecular formula is C19H18N4O2. The molecule has 0 fully saturated rings. The van der Waals surface area contributed by atoms with E-state index in [0.717, 1.165) is 22.1 Å². The molecule has 2 heterocycles. The number of amides is 1. The summed E-state index contributed by atoms with van der Waals surface area (Å²) in [6.07, 6.45) is 1.88. The number of H-pyrrole nitrogens is 2. The van der Waals surface area contributed by atoms with Crippen molar-refractivity contribution in [2.24, 2.45) is 7.05 Å². The highest BCUT2D eigenvalue weighted by molar-refractivity contribution is 6.08. The van der Waals surface area contributed by atoms with E-state index in [1.54, 1.807) is 30.1 Å². The first kappa shape index (κ1) is 15.3. The van der Waals surface area contributed by atoms with Gasteiger partial charge in [0.15, 0.2) is 0 Å². The van der Waals surface area contributed by atoms with E-state index < -0.39 is 0 Å². The lowest BCUT2D eigenvalue weighted by Crippen LogP contribution is -2.30. The summed E-state index contributed by atoms with van der Waals surface area (Å²) in [5.74, 6) is -0.0935. The number of hydrogen-bond acceptors (Lipinski definition) is 2. The highest BCUT2D eigenvalue weighted by Crippen LogP contribution is 2.23. The number of carbonyl (C=O) groups excluding carboxylic acids is 1. The van der Waals surface area contributed by atoms with Gasteiger partial charge < -0.3 is 14.9 Å². The molecule has 0 saturated carbocycles. The number of aromatic amines is 2. The van der Waals surface area contributed by atoms with Gasteiger partial charge in [-0.15, -0.1) is 0 Å². The second kappa shape index (κ2) is 5.66. The van der Waals surface area contributed by atoms with Crippen molar-refractivity contribution in [2.45, 2.75) is 6.92 Å². The molecule has 2 N–H and O–H groups in total. The molecule has 25 heavy (non-hydrogen) atoms. The first-order valence-corrected chi connectivity index (χ1v) is 8.16. The zero-order chi connectivity index (χ0) is 17.6. The van der Waals surface area contributed by atoms with Crippen molar-refractivity contribution in [3.8, 4) is 0 Å². The van der Waals surface area contributed by atoms with Gasteiger partial charge >= 0.3 is 5.69 Å². The fraction of sp³-hybridized carbons (Fsp3) is 0.158. The van der Waals surface area contributed by atoms with Gasteiger partial charge in [-0.1, -0.05) is 0 Å². The fourth-order valence-electron chi connectivity index (χ4n) is 3.18. The molecular weight excluding hydrogens is 316 g/mol. The summed E-state index contributed by atoms with van der Waals surface area (Å²) >= 11 is 0. The van der Waals surface area contributed by atoms with Crippen LogP contribution in [0.15, 0.2) is 53.5 Å². The summed E-state index contributed by atoms with van der Waals surface area (Å²) in [6.45, 7) is 2.50. The Morgan fingerprint density at radius 2 is 1.96 bits per heavy atom. The van der Waals surface area contributed by atoms with Crippen molar-refractivity contribution >= 4 is 33.5 Å². The van der Waals surface area contributed by atoms with Crippen molar-refractivity contribution in [3.05, 3.63) is 64.7 Å². The van der Waals surface area contributed by atoms with E-state index in [1.807, 2.05) is 37.4 Å². The van der Waals surface area contributed by atoms with Crippen molar-refractivity contribution in [2.75, 3.05) is 11.4 Å². The number of aryl methyl sites for hydroxylation is 1. The van der Waals surface area contributed by atoms with E-state index >= 15 is 0 Å². The molecule has 0 bridgehead atoms. The van der Waals surface area contributed by atoms with Crippen LogP contribution in [0.4, 0.5) is 5.69 Å². The smallest absolute Gasteiger partial charge is 0.326 e. The number of hydrogen-bond donors (Lipinski definition) is 2. The molecule has 0 saturated heterocycles. The molecule has 2 aromatic carbocycles. The summed E-state index contributed by atoms with van der Waals surface area (Å²) in [4.78, 5) is 32.4. The van der Waals surface area contributed by atoms with Gasteiger partial charge in [0, 0.05) is 41.9 Å². The van der Waals surface area contributed by atoms with Crippen LogP contribution in [-0.2, 0) is 7.05 Å². The number of anilines is 1. The zero-order valence-corrected chi connectivity index (χ0v) is 14.0. The molecule has 6 heteroatoms. The average Bonchev–Trinajstić information content (AvgIpc) is 3.19. The Morgan fingerprint density at radius 1 is 1.12 bits per heavy atom. The highest BCUT2D eigenvalue weighted by Gasteiger charge is 2.18. The Labute approximate surface area is 143 Å². The Balaban J connectivity index is 1.75. The topological polar surface area (TPSA) is 73.9 Å². The van der Waals surface area contributed by atoms with Gasteiger partial charge in [0.05, 0.1) is 11.0 Å². The van der Waals surface area contributed by atoms with Crippen molar-refractivity contribution < 1.29 is 4.79 Å². The molecule has 126 valence electrons. The van der Waals surface area contributed by atoms with Crippen LogP contribution < -0.4 is 10.6 Å². The standard InChI is InChI=1S/C19H18N4O2/c1-3-23(14-5-6-15-12(10-14)8-9-20-15)18(24)13-4-7-17-16(11-13)21-19(25)22(17)2/h4-11,20H,3H2,1-2H3,(H,21,25). The van der Waals surface area contributed by atoms with E-state index in [9.17, 15) is 9.59 Å². The lowest BCUT2D eigenvalue weighted by molar-refractivity contribution is 0.0988. The lowest BCUT2D eigenvalue weighted by Gasteiger charge is -2.21. The number of nitrogens with zero attached hydrogens (tertiary/aromatic N) is 2. The first-order valence-electron chi connectivity index (χ1n) is 8.16. The van der Waals surface area contributed by atoms with Gasteiger partial charge in [-0.2, -0.15) is 0 Å². The number of rotatable bonds is 3. The number of aromatic nitrogens is 3. The fourth-order valence-corrected chi connectivity index (χ4v) is 3.18. The Kier molecular flexibility index (Phi) is 3.46. The molecule has 4 aromatic rings. The minimum Gasteiger partial charge on any atom is -0.361 e. The maximum absolute atomic E-state index is 13.0. The lowest BCUT2D eigenvalue weighted by atomic mass is 10.1. The molecule has 0 atom stereocenters. The minimum absolute atomic E-state index is 0.0935. The van der Waals surface area contributed by atoms with E-state index in [4.69, 9.17) is 0 Å². The van der Waals surface area contributed by atoms with Crippen LogP contribution >= 0.6 is 0 Å². The molecule has 0 aliphatic rings. The third kappa shape index (κ3) is 2.42. The largest absolute Gasteiger partial charge is 0.361 e. The van der Waals surface area contributed by atoms with Crippen LogP contribution in [0.3, 0.4) is 0 Å². The van der Waals surface area contributed by atoms with Crippen LogP contribution in [0.5, 0.6) is 0 Å². The minimum atomic E-state index is -0.190. The monoisotopic (exact) mass is 334 g/mol. The molecule has 2 aromatic heterocycles. The maximum atomic E-state index is 13.0. The number of benzene rings is 2. The third-order valence-corrected chi connectivity index (χ3v) is 4.56. The Morgan fingerprint density at radius 3 is 2.76 bits per heavy atom. The number of carbonyl (C=O) groups is 1. The van der Waals surface area contributed by atoms with Crippen molar-refractivity contribution in [1.29, 1.82) is 0 Å². The second-order valence-corrected chi connectivity index (χ2v) is 6.02. The Bertz CT molecular complexity index is 1150. The predicted molar refractivity (Wildman–Crippen MR) is 99.2 cm³/mol. The summed E-state index contributed by atoms with van der Waals surface area (Å²) in [6, 6.07) is 13.2. The summed E-state index contributed by atoms with van der Waals surface area (Å²) < 4.78 is 1.53. The van der Waals surface area contributed by atoms with Gasteiger partial charge in [0.25, 0.3) is 5.91 Å². The normalized spacial score (nSPS) is 11.3. The molecule has 0 radical (unpaired) electrons. The second-order valence-electron chi connectivity index (χ2n) is 6.02. The zero-order valence-electron chi connectivity index (χ0n) is 14.0. The van der Waals surface area contributed by atoms with Gasteiger partial charge in [-0.05, 0) is 49.4 Å². The molecule has 0 aliphatic heterocycles. The van der Waals surface area contributed by atoms with Gasteiger partial charge in [-0.3, -0.25) is 9.36 Å². The summed E-state index contributed by atoms with van der Waals surface area (Å²) in [5, 5.41) is 1.06. The number of imidazole rings is 1. The average molecular weight is 334 g/mol. The summed E-state index contributed by atoms with van der Waals surface area (Å²) in [7, 11) is 1.70. The van der Waals surface area contributed by atoms with Gasteiger partial charge in [0.1, 0.15) is 0 Å². The van der Waals surface area contributed by atoms with E-state index in [1.165, 1.54) is 4.57 Å². The predicted octanol–water partition coefficient (Wildman–Crippen LogP) is 3.01. The van der Waals surface area contributed by atoms with Crippen LogP contribution in [0.25, 0.3) is 21.9 Å². The van der Waals surface area contributed by atoms with Crippen LogP contribution in [-0.4, -0.2) is 27.0 Å². The molecule has 1 amide bonds. The van der Waals surface area contributed by atoms with Crippen LogP contribution in [0, 0.1) is 0 Å². The van der Waals surface area contributed by atoms with E-state index in [0.29, 0.717) is 17.6 Å². The molecule has 6 nitrogen and oxygen atoms in total.